The summed E-state index contributed by atoms with van der Waals surface area (Å²) in [5.74, 6) is -0.645. The highest BCUT2D eigenvalue weighted by atomic mass is 32.2. The SMILES string of the molecule is CC(C)(N)C(=O)N[C@H](COCCc1ccccc1)C(=O)N1CCC2(CC1)CN(S(C)(=O)=O)c1ccccc12.CS(=O)(=O)O. The number of fused-ring (bicyclic) bond motifs is 2. The van der Waals surface area contributed by atoms with Crippen molar-refractivity contribution in [1.82, 2.24) is 10.2 Å². The lowest BCUT2D eigenvalue weighted by molar-refractivity contribution is -0.140. The molecule has 12 nitrogen and oxygen atoms in total. The monoisotopic (exact) mass is 638 g/mol. The molecule has 1 spiro atoms. The second-order valence-corrected chi connectivity index (χ2v) is 15.1. The Morgan fingerprint density at radius 1 is 1.02 bits per heavy atom. The van der Waals surface area contributed by atoms with Crippen LogP contribution in [0, 0.1) is 0 Å². The van der Waals surface area contributed by atoms with Gasteiger partial charge >= 0.3 is 0 Å². The highest BCUT2D eigenvalue weighted by molar-refractivity contribution is 7.92. The zero-order valence-corrected chi connectivity index (χ0v) is 26.7. The van der Waals surface area contributed by atoms with E-state index in [4.69, 9.17) is 15.0 Å². The fourth-order valence-electron chi connectivity index (χ4n) is 5.24. The van der Waals surface area contributed by atoms with Crippen molar-refractivity contribution in [1.29, 1.82) is 0 Å². The number of piperidine rings is 1. The largest absolute Gasteiger partial charge is 0.378 e. The molecule has 4 N–H and O–H groups in total. The molecule has 0 radical (unpaired) electrons. The zero-order valence-electron chi connectivity index (χ0n) is 25.0. The maximum Gasteiger partial charge on any atom is 0.261 e. The Balaban J connectivity index is 0.000000934. The molecule has 0 aliphatic carbocycles. The van der Waals surface area contributed by atoms with E-state index >= 15 is 0 Å². The first-order chi connectivity index (χ1) is 19.9. The number of anilines is 1. The van der Waals surface area contributed by atoms with Crippen LogP contribution in [0.5, 0.6) is 0 Å². The first-order valence-corrected chi connectivity index (χ1v) is 17.6. The molecule has 238 valence electrons. The van der Waals surface area contributed by atoms with Gasteiger partial charge in [0, 0.05) is 25.0 Å². The van der Waals surface area contributed by atoms with E-state index in [1.807, 2.05) is 54.6 Å². The van der Waals surface area contributed by atoms with E-state index < -0.39 is 37.6 Å². The van der Waals surface area contributed by atoms with Crippen LogP contribution in [0.1, 0.15) is 37.8 Å². The molecule has 43 heavy (non-hydrogen) atoms. The third-order valence-electron chi connectivity index (χ3n) is 7.47. The number of para-hydroxylation sites is 1. The molecule has 1 fully saturated rings. The first-order valence-electron chi connectivity index (χ1n) is 13.9. The number of sulfonamides is 1. The van der Waals surface area contributed by atoms with Crippen LogP contribution < -0.4 is 15.4 Å². The smallest absolute Gasteiger partial charge is 0.261 e. The number of nitrogens with zero attached hydrogens (tertiary/aromatic N) is 2. The molecule has 0 aromatic heterocycles. The van der Waals surface area contributed by atoms with Crippen LogP contribution >= 0.6 is 0 Å². The highest BCUT2D eigenvalue weighted by Gasteiger charge is 2.48. The second kappa shape index (κ2) is 13.7. The molecular weight excluding hydrogens is 596 g/mol. The Morgan fingerprint density at radius 3 is 2.14 bits per heavy atom. The molecule has 4 rings (SSSR count). The highest BCUT2D eigenvalue weighted by Crippen LogP contribution is 2.47. The molecule has 2 heterocycles. The number of carbonyl (C=O) groups excluding carboxylic acids is 2. The van der Waals surface area contributed by atoms with Crippen molar-refractivity contribution >= 4 is 37.6 Å². The molecule has 14 heteroatoms. The minimum Gasteiger partial charge on any atom is -0.378 e. The van der Waals surface area contributed by atoms with Gasteiger partial charge in [-0.25, -0.2) is 8.42 Å². The summed E-state index contributed by atoms with van der Waals surface area (Å²) in [5.41, 5.74) is 7.35. The van der Waals surface area contributed by atoms with Gasteiger partial charge < -0.3 is 20.7 Å². The third kappa shape index (κ3) is 9.73. The number of benzene rings is 2. The molecule has 1 atom stereocenters. The summed E-state index contributed by atoms with van der Waals surface area (Å²) in [6.07, 6.45) is 3.89. The van der Waals surface area contributed by atoms with Gasteiger partial charge in [0.15, 0.2) is 0 Å². The van der Waals surface area contributed by atoms with Crippen LogP contribution in [-0.2, 0) is 46.3 Å². The number of rotatable bonds is 9. The zero-order chi connectivity index (χ0) is 32.1. The Kier molecular flexibility index (Phi) is 11.0. The lowest BCUT2D eigenvalue weighted by Crippen LogP contribution is -2.59. The molecule has 2 aliphatic rings. The summed E-state index contributed by atoms with van der Waals surface area (Å²) in [6.45, 7) is 4.92. The minimum absolute atomic E-state index is 0.0415. The lowest BCUT2D eigenvalue weighted by atomic mass is 9.74. The minimum atomic E-state index is -3.67. The van der Waals surface area contributed by atoms with Crippen molar-refractivity contribution in [2.45, 2.75) is 50.1 Å². The number of ether oxygens (including phenoxy) is 1. The van der Waals surface area contributed by atoms with Crippen molar-refractivity contribution in [3.63, 3.8) is 0 Å². The van der Waals surface area contributed by atoms with Crippen LogP contribution in [-0.4, -0.2) is 95.0 Å². The van der Waals surface area contributed by atoms with Crippen LogP contribution in [0.4, 0.5) is 5.69 Å². The molecule has 2 amide bonds. The van der Waals surface area contributed by atoms with Crippen LogP contribution in [0.15, 0.2) is 54.6 Å². The summed E-state index contributed by atoms with van der Waals surface area (Å²) >= 11 is 0. The van der Waals surface area contributed by atoms with E-state index in [1.54, 1.807) is 18.7 Å². The van der Waals surface area contributed by atoms with Gasteiger partial charge in [-0.1, -0.05) is 48.5 Å². The van der Waals surface area contributed by atoms with Gasteiger partial charge in [0.25, 0.3) is 10.1 Å². The average molecular weight is 639 g/mol. The third-order valence-corrected chi connectivity index (χ3v) is 8.60. The topological polar surface area (TPSA) is 176 Å². The maximum atomic E-state index is 13.6. The summed E-state index contributed by atoms with van der Waals surface area (Å²) in [5, 5.41) is 2.79. The number of nitrogens with two attached hydrogens (primary N) is 1. The van der Waals surface area contributed by atoms with Crippen LogP contribution in [0.3, 0.4) is 0 Å². The molecule has 2 aromatic carbocycles. The van der Waals surface area contributed by atoms with Gasteiger partial charge in [-0.2, -0.15) is 8.42 Å². The second-order valence-electron chi connectivity index (χ2n) is 11.7. The molecule has 0 saturated carbocycles. The van der Waals surface area contributed by atoms with E-state index in [0.717, 1.165) is 16.8 Å². The number of nitrogens with one attached hydrogen (secondary N) is 1. The number of carbonyl (C=O) groups is 2. The van der Waals surface area contributed by atoms with Crippen molar-refractivity contribution in [3.8, 4) is 0 Å². The van der Waals surface area contributed by atoms with Gasteiger partial charge in [-0.05, 0) is 50.3 Å². The predicted molar refractivity (Wildman–Crippen MR) is 165 cm³/mol. The van der Waals surface area contributed by atoms with Crippen LogP contribution in [0.2, 0.25) is 0 Å². The quantitative estimate of drug-likeness (QED) is 0.270. The summed E-state index contributed by atoms with van der Waals surface area (Å²) in [6, 6.07) is 16.7. The molecular formula is C29H42N4O8S2. The van der Waals surface area contributed by atoms with Crippen LogP contribution in [0.25, 0.3) is 0 Å². The summed E-state index contributed by atoms with van der Waals surface area (Å²) in [4.78, 5) is 28.0. The van der Waals surface area contributed by atoms with E-state index in [2.05, 4.69) is 5.32 Å². The van der Waals surface area contributed by atoms with Crippen molar-refractivity contribution in [2.24, 2.45) is 5.73 Å². The fraction of sp³-hybridized carbons (Fsp3) is 0.517. The Labute approximate surface area is 254 Å². The van der Waals surface area contributed by atoms with Gasteiger partial charge in [0.2, 0.25) is 21.8 Å². The molecule has 1 saturated heterocycles. The van der Waals surface area contributed by atoms with Crippen molar-refractivity contribution < 1.29 is 35.7 Å². The number of hydrogen-bond donors (Lipinski definition) is 3. The Hall–Kier alpha value is -3.04. The molecule has 2 aromatic rings. The molecule has 0 bridgehead atoms. The van der Waals surface area contributed by atoms with E-state index in [0.29, 0.717) is 51.8 Å². The van der Waals surface area contributed by atoms with Gasteiger partial charge in [-0.3, -0.25) is 18.4 Å². The van der Waals surface area contributed by atoms with Gasteiger partial charge in [-0.15, -0.1) is 0 Å². The number of likely N-dealkylation sites (tertiary alicyclic amines) is 1. The predicted octanol–water partition coefficient (Wildman–Crippen LogP) is 1.31. The number of amides is 2. The molecule has 2 aliphatic heterocycles. The van der Waals surface area contributed by atoms with Gasteiger partial charge in [0.1, 0.15) is 6.04 Å². The lowest BCUT2D eigenvalue weighted by Gasteiger charge is -2.41. The van der Waals surface area contributed by atoms with Crippen molar-refractivity contribution in [3.05, 3.63) is 65.7 Å². The fourth-order valence-corrected chi connectivity index (χ4v) is 6.24. The first kappa shape index (κ1) is 34.5. The summed E-state index contributed by atoms with van der Waals surface area (Å²) < 4.78 is 58.1. The average Bonchev–Trinajstić information content (AvgIpc) is 3.24. The van der Waals surface area contributed by atoms with Crippen molar-refractivity contribution in [2.75, 3.05) is 49.7 Å². The van der Waals surface area contributed by atoms with Gasteiger partial charge in [0.05, 0.1) is 37.0 Å². The Morgan fingerprint density at radius 2 is 1.58 bits per heavy atom. The molecule has 0 unspecified atom stereocenters. The van der Waals surface area contributed by atoms with E-state index in [1.165, 1.54) is 10.6 Å². The maximum absolute atomic E-state index is 13.6. The normalized spacial score (nSPS) is 17.1. The standard InChI is InChI=1S/C28H38N4O5S.CH4O3S/c1-27(2,29)26(34)30-23(19-37-18-13-21-9-5-4-6-10-21)25(33)31-16-14-28(15-17-31)20-32(38(3,35)36)24-12-8-7-11-22(24)28;1-5(2,3)4/h4-12,23H,13-20,29H2,1-3H3,(H,30,34);1H3,(H,2,3,4)/t23-;/m1./s1. The van der Waals surface area contributed by atoms with E-state index in [9.17, 15) is 26.4 Å². The number of hydrogen-bond acceptors (Lipinski definition) is 8. The van der Waals surface area contributed by atoms with E-state index in [-0.39, 0.29) is 17.9 Å². The summed E-state index contributed by atoms with van der Waals surface area (Å²) in [7, 11) is -7.08. The Bertz CT molecular complexity index is 1480.